The fourth-order valence-corrected chi connectivity index (χ4v) is 9.08. The number of hydrogen-bond acceptors (Lipinski definition) is 9. The summed E-state index contributed by atoms with van der Waals surface area (Å²) in [5.41, 5.74) is 7.16. The molecule has 0 radical (unpaired) electrons. The zero-order valence-electron chi connectivity index (χ0n) is 51.4. The van der Waals surface area contributed by atoms with Crippen LogP contribution in [0.4, 0.5) is 0 Å². The van der Waals surface area contributed by atoms with Crippen molar-refractivity contribution >= 4 is 36.5 Å². The van der Waals surface area contributed by atoms with Crippen molar-refractivity contribution in [3.05, 3.63) is 118 Å². The summed E-state index contributed by atoms with van der Waals surface area (Å²) in [6, 6.07) is 10.1. The van der Waals surface area contributed by atoms with Crippen molar-refractivity contribution < 1.29 is 28.7 Å². The maximum absolute atomic E-state index is 12.7. The lowest BCUT2D eigenvalue weighted by Crippen LogP contribution is -2.53. The second-order valence-electron chi connectivity index (χ2n) is 21.6. The van der Waals surface area contributed by atoms with Crippen LogP contribution in [-0.2, 0) is 14.4 Å². The summed E-state index contributed by atoms with van der Waals surface area (Å²) in [6.45, 7) is 30.3. The summed E-state index contributed by atoms with van der Waals surface area (Å²) in [4.78, 5) is 63.6. The number of hydrogen-bond donors (Lipinski definition) is 2. The van der Waals surface area contributed by atoms with E-state index in [2.05, 4.69) is 140 Å². The first-order valence-electron chi connectivity index (χ1n) is 29.8. The first-order valence-corrected chi connectivity index (χ1v) is 29.8. The predicted octanol–water partition coefficient (Wildman–Crippen LogP) is 14.7. The molecule has 2 unspecified atom stereocenters. The van der Waals surface area contributed by atoms with Gasteiger partial charge in [0.15, 0.2) is 6.29 Å². The molecule has 0 bridgehead atoms. The number of benzene rings is 2. The van der Waals surface area contributed by atoms with Gasteiger partial charge in [0.05, 0.1) is 23.3 Å². The second kappa shape index (κ2) is 41.8. The molecule has 1 saturated carbocycles. The number of likely N-dealkylation sites (N-methyl/N-ethyl adjacent to an activating group) is 2. The van der Waals surface area contributed by atoms with Crippen LogP contribution in [0.2, 0.25) is 0 Å². The highest BCUT2D eigenvalue weighted by atomic mass is 16.5. The Morgan fingerprint density at radius 3 is 2.15 bits per heavy atom. The molecule has 2 N–H and O–H groups in total. The smallest absolute Gasteiger partial charge is 0.255 e. The Morgan fingerprint density at radius 2 is 1.63 bits per heavy atom. The first-order chi connectivity index (χ1) is 37.9. The number of carbonyl (C=O) groups excluding carboxylic acids is 5. The summed E-state index contributed by atoms with van der Waals surface area (Å²) in [6.07, 6.45) is 36.1. The van der Waals surface area contributed by atoms with Gasteiger partial charge in [-0.2, -0.15) is 5.26 Å². The van der Waals surface area contributed by atoms with Crippen LogP contribution in [-0.4, -0.2) is 97.5 Å². The molecule has 12 nitrogen and oxygen atoms in total. The van der Waals surface area contributed by atoms with Crippen molar-refractivity contribution in [1.82, 2.24) is 25.3 Å². The van der Waals surface area contributed by atoms with Crippen LogP contribution in [0.15, 0.2) is 84.3 Å². The summed E-state index contributed by atoms with van der Waals surface area (Å²) in [5.74, 6) is 1.72. The molecular weight excluding hydrogens is 985 g/mol. The van der Waals surface area contributed by atoms with E-state index in [1.54, 1.807) is 18.2 Å². The molecule has 2 aromatic carbocycles. The fourth-order valence-electron chi connectivity index (χ4n) is 9.08. The highest BCUT2D eigenvalue weighted by molar-refractivity contribution is 6.06. The lowest BCUT2D eigenvalue weighted by Gasteiger charge is -2.33. The van der Waals surface area contributed by atoms with Crippen molar-refractivity contribution in [3.63, 3.8) is 0 Å². The van der Waals surface area contributed by atoms with Gasteiger partial charge in [-0.1, -0.05) is 137 Å². The lowest BCUT2D eigenvalue weighted by atomic mass is 9.96. The molecule has 2 aromatic rings. The summed E-state index contributed by atoms with van der Waals surface area (Å²) in [7, 11) is 3.46. The average Bonchev–Trinajstić information content (AvgIpc) is 3.45. The van der Waals surface area contributed by atoms with Crippen LogP contribution in [0.25, 0.3) is 6.08 Å². The van der Waals surface area contributed by atoms with Gasteiger partial charge in [-0.15, -0.1) is 0 Å². The molecule has 2 heterocycles. The maximum atomic E-state index is 12.7. The van der Waals surface area contributed by atoms with Gasteiger partial charge < -0.3 is 24.8 Å². The van der Waals surface area contributed by atoms with Gasteiger partial charge in [0.1, 0.15) is 11.8 Å². The van der Waals surface area contributed by atoms with Gasteiger partial charge in [-0.25, -0.2) is 0 Å². The Balaban J connectivity index is 0.000000521. The molecule has 0 spiro atoms. The molecule has 5 rings (SSSR count). The predicted molar refractivity (Wildman–Crippen MR) is 329 cm³/mol. The van der Waals surface area contributed by atoms with Gasteiger partial charge in [-0.3, -0.25) is 29.3 Å². The van der Waals surface area contributed by atoms with E-state index < -0.39 is 17.9 Å². The maximum Gasteiger partial charge on any atom is 0.255 e. The van der Waals surface area contributed by atoms with Crippen molar-refractivity contribution in [2.45, 2.75) is 198 Å². The molecular formula is C67H104N6O6. The fraction of sp³-hybridized carbons (Fsp3) is 0.582. The third-order valence-corrected chi connectivity index (χ3v) is 14.3. The number of carbonyl (C=O) groups is 5. The van der Waals surface area contributed by atoms with E-state index in [-0.39, 0.29) is 36.0 Å². The summed E-state index contributed by atoms with van der Waals surface area (Å²) >= 11 is 0. The number of unbranched alkanes of at least 4 members (excludes halogenated alkanes) is 2. The number of amides is 4. The molecule has 12 heteroatoms. The van der Waals surface area contributed by atoms with Crippen LogP contribution < -0.4 is 15.4 Å². The number of aldehydes is 1. The number of nitrogens with zero attached hydrogens (tertiary/aromatic N) is 4. The molecule has 3 aliphatic rings. The number of allylic oxidation sites excluding steroid dienone is 7. The number of nitrogens with one attached hydrogen (secondary N) is 2. The SMILES string of the molecule is CCC/C=C\C=C/c1c(C)ccc(C#N)c1C.CCCC(C)C.CCCCC(C)CN(C=O)CCC.CN(C(=O)c1ccc(OC2CCC2)cc1C=O)C1CCC(=O)NC1=O.C\C=C(/C=C\C(=C/CC)N1CCC(C)CC1)NC. The number of piperidine rings is 2. The van der Waals surface area contributed by atoms with E-state index in [0.717, 1.165) is 86.6 Å². The minimum atomic E-state index is -0.726. The van der Waals surface area contributed by atoms with Crippen LogP contribution in [0.1, 0.15) is 215 Å². The van der Waals surface area contributed by atoms with Crippen LogP contribution >= 0.6 is 0 Å². The van der Waals surface area contributed by atoms with Gasteiger partial charge in [0.25, 0.3) is 5.91 Å². The third-order valence-electron chi connectivity index (χ3n) is 14.3. The Morgan fingerprint density at radius 1 is 0.924 bits per heavy atom. The van der Waals surface area contributed by atoms with E-state index in [1.807, 2.05) is 37.1 Å². The van der Waals surface area contributed by atoms with E-state index in [9.17, 15) is 24.0 Å². The van der Waals surface area contributed by atoms with Crippen LogP contribution in [0.5, 0.6) is 5.75 Å². The van der Waals surface area contributed by atoms with Crippen molar-refractivity contribution in [1.29, 1.82) is 5.26 Å². The highest BCUT2D eigenvalue weighted by Gasteiger charge is 2.33. The van der Waals surface area contributed by atoms with Gasteiger partial charge in [0, 0.05) is 63.7 Å². The zero-order chi connectivity index (χ0) is 59.1. The molecule has 1 aliphatic carbocycles. The second-order valence-corrected chi connectivity index (χ2v) is 21.6. The first kappa shape index (κ1) is 70.8. The topological polar surface area (TPSA) is 152 Å². The molecule has 2 atom stereocenters. The zero-order valence-corrected chi connectivity index (χ0v) is 51.4. The number of likely N-dealkylation sites (tertiary alicyclic amines) is 1. The molecule has 79 heavy (non-hydrogen) atoms. The summed E-state index contributed by atoms with van der Waals surface area (Å²) < 4.78 is 5.75. The minimum absolute atomic E-state index is 0.173. The standard InChI is InChI=1S/C18H20N2O5.C16H28N2.C16H19N.C11H23NO.C6H14/c1-20(15-7-8-16(22)19-17(15)23)18(24)14-6-5-13(9-11(14)10-21)25-12-3-2-4-12;1-5-7-16(9-8-15(6-2)17-4)18-12-10-14(3)11-13-18;1-4-5-6-7-8-9-16-13(2)10-11-15(12-17)14(16)3;1-4-6-7-11(3)9-12(10-13)8-5-2;1-4-5-6(2)3/h5-6,9-10,12,15H,2-4,7-8H2,1H3,(H,19,22,23);6-9,14,17H,5,10-13H2,1-4H3;6-11H,4-5H2,1-3H3;10-11H,4-9H2,1-3H3;6H,4-5H2,1-3H3/b;9-8-,15-6+,16-7+;7-6-,9-8-;;. The number of nitriles is 1. The van der Waals surface area contributed by atoms with Crippen molar-refractivity contribution in [2.75, 3.05) is 40.3 Å². The van der Waals surface area contributed by atoms with E-state index >= 15 is 0 Å². The van der Waals surface area contributed by atoms with Crippen molar-refractivity contribution in [3.8, 4) is 11.8 Å². The number of ether oxygens (including phenoxy) is 1. The third kappa shape index (κ3) is 28.0. The molecule has 438 valence electrons. The molecule has 2 aliphatic heterocycles. The van der Waals surface area contributed by atoms with Crippen LogP contribution in [0.3, 0.4) is 0 Å². The molecule has 3 fully saturated rings. The quantitative estimate of drug-likeness (QED) is 0.0594. The highest BCUT2D eigenvalue weighted by Crippen LogP contribution is 2.28. The van der Waals surface area contributed by atoms with Gasteiger partial charge in [-0.05, 0) is 156 Å². The number of aryl methyl sites for hydroxylation is 1. The largest absolute Gasteiger partial charge is 0.490 e. The number of rotatable bonds is 24. The average molecular weight is 1090 g/mol. The summed E-state index contributed by atoms with van der Waals surface area (Å²) in [5, 5.41) is 14.4. The monoisotopic (exact) mass is 1090 g/mol. The van der Waals surface area contributed by atoms with Crippen LogP contribution in [0, 0.1) is 42.9 Å². The van der Waals surface area contributed by atoms with Gasteiger partial charge >= 0.3 is 0 Å². The van der Waals surface area contributed by atoms with Crippen molar-refractivity contribution in [2.24, 2.45) is 17.8 Å². The Labute approximate surface area is 479 Å². The molecule has 0 aromatic heterocycles. The van der Waals surface area contributed by atoms with Gasteiger partial charge in [0.2, 0.25) is 18.2 Å². The minimum Gasteiger partial charge on any atom is -0.490 e. The van der Waals surface area contributed by atoms with E-state index in [4.69, 9.17) is 10.00 Å². The normalized spacial score (nSPS) is 16.2. The molecule has 4 amide bonds. The number of imide groups is 1. The lowest BCUT2D eigenvalue weighted by molar-refractivity contribution is -0.136. The molecule has 2 saturated heterocycles. The Kier molecular flexibility index (Phi) is 37.4. The Bertz CT molecular complexity index is 2310. The van der Waals surface area contributed by atoms with E-state index in [1.165, 1.54) is 93.4 Å². The Hall–Kier alpha value is -6.22. The van der Waals surface area contributed by atoms with E-state index in [0.29, 0.717) is 18.0 Å².